The molecule has 1 aromatic rings. The zero-order valence-electron chi connectivity index (χ0n) is 7.10. The fraction of sp³-hybridized carbons (Fsp3) is 0.125. The van der Waals surface area contributed by atoms with Crippen LogP contribution in [-0.2, 0) is 9.47 Å². The molecule has 0 aliphatic carbocycles. The number of hydrogen-bond acceptors (Lipinski definition) is 5. The first-order chi connectivity index (χ1) is 6.70. The summed E-state index contributed by atoms with van der Waals surface area (Å²) >= 11 is 0. The topological polar surface area (TPSA) is 89.3 Å². The Morgan fingerprint density at radius 1 is 1.36 bits per heavy atom. The van der Waals surface area contributed by atoms with Gasteiger partial charge in [-0.05, 0) is 12.1 Å². The van der Waals surface area contributed by atoms with E-state index in [-0.39, 0.29) is 5.69 Å². The van der Waals surface area contributed by atoms with Crippen molar-refractivity contribution in [3.8, 4) is 0 Å². The molecule has 1 N–H and O–H groups in total. The lowest BCUT2D eigenvalue weighted by Crippen LogP contribution is -2.13. The van der Waals surface area contributed by atoms with E-state index in [1.807, 2.05) is 0 Å². The van der Waals surface area contributed by atoms with E-state index >= 15 is 0 Å². The van der Waals surface area contributed by atoms with E-state index in [0.717, 1.165) is 0 Å². The summed E-state index contributed by atoms with van der Waals surface area (Å²) in [6.07, 6.45) is 0.186. The lowest BCUT2D eigenvalue weighted by atomic mass is 10.4. The Labute approximate surface area is 79.6 Å². The second kappa shape index (κ2) is 4.80. The molecular weight excluding hydrogens is 188 g/mol. The molecule has 0 bridgehead atoms. The molecule has 14 heavy (non-hydrogen) atoms. The van der Waals surface area contributed by atoms with Crippen molar-refractivity contribution >= 4 is 12.1 Å². The molecule has 1 radical (unpaired) electrons. The fourth-order valence-electron chi connectivity index (χ4n) is 0.694. The van der Waals surface area contributed by atoms with Gasteiger partial charge in [0.15, 0.2) is 0 Å². The van der Waals surface area contributed by atoms with E-state index in [2.05, 4.69) is 14.5 Å². The van der Waals surface area contributed by atoms with Crippen LogP contribution in [0.2, 0.25) is 0 Å². The van der Waals surface area contributed by atoms with Gasteiger partial charge < -0.3 is 9.47 Å². The van der Waals surface area contributed by atoms with Gasteiger partial charge in [-0.2, -0.15) is 0 Å². The summed E-state index contributed by atoms with van der Waals surface area (Å²) in [5.41, 5.74) is 6.48. The van der Waals surface area contributed by atoms with Crippen molar-refractivity contribution in [3.63, 3.8) is 0 Å². The van der Waals surface area contributed by atoms with Gasteiger partial charge in [0.05, 0.1) is 0 Å². The Kier molecular flexibility index (Phi) is 3.42. The van der Waals surface area contributed by atoms with E-state index in [1.54, 1.807) is 12.1 Å². The number of ether oxygens (including phenoxy) is 2. The van der Waals surface area contributed by atoms with Crippen molar-refractivity contribution in [2.45, 2.75) is 0 Å². The molecule has 0 unspecified atom stereocenters. The highest BCUT2D eigenvalue weighted by Gasteiger charge is 2.07. The molecule has 0 aliphatic rings. The minimum Gasteiger partial charge on any atom is -0.423 e. The smallest absolute Gasteiger partial charge is 0.423 e. The van der Waals surface area contributed by atoms with Gasteiger partial charge in [-0.15, -0.1) is 0 Å². The van der Waals surface area contributed by atoms with Crippen LogP contribution in [-0.4, -0.2) is 23.8 Å². The van der Waals surface area contributed by atoms with Crippen molar-refractivity contribution in [2.75, 3.05) is 6.79 Å². The Hall–Kier alpha value is -2.11. The maximum absolute atomic E-state index is 11.1. The Bertz CT molecular complexity index is 325. The van der Waals surface area contributed by atoms with E-state index in [1.165, 1.54) is 12.3 Å². The highest BCUT2D eigenvalue weighted by atomic mass is 16.7. The molecule has 0 aliphatic heterocycles. The normalized spacial score (nSPS) is 9.14. The molecule has 1 heterocycles. The molecule has 0 saturated carbocycles. The molecule has 6 nitrogen and oxygen atoms in total. The van der Waals surface area contributed by atoms with Gasteiger partial charge in [-0.3, -0.25) is 0 Å². The maximum atomic E-state index is 11.1. The Morgan fingerprint density at radius 3 is 2.71 bits per heavy atom. The highest BCUT2D eigenvalue weighted by Crippen LogP contribution is 1.96. The molecule has 0 spiro atoms. The van der Waals surface area contributed by atoms with Crippen LogP contribution in [0, 0.1) is 0 Å². The first-order valence-electron chi connectivity index (χ1n) is 3.66. The van der Waals surface area contributed by atoms with E-state index in [9.17, 15) is 9.59 Å². The number of nitrogens with zero attached hydrogens (tertiary/aromatic N) is 1. The van der Waals surface area contributed by atoms with Crippen LogP contribution in [0.15, 0.2) is 24.4 Å². The number of carbonyl (C=O) groups is 2. The number of nitrogens with one attached hydrogen (secondary N) is 1. The summed E-state index contributed by atoms with van der Waals surface area (Å²) < 4.78 is 8.57. The van der Waals surface area contributed by atoms with Gasteiger partial charge in [0.25, 0.3) is 0 Å². The summed E-state index contributed by atoms with van der Waals surface area (Å²) in [7, 11) is 0. The summed E-state index contributed by atoms with van der Waals surface area (Å²) in [5, 5.41) is 0. The molecule has 0 fully saturated rings. The van der Waals surface area contributed by atoms with Crippen LogP contribution < -0.4 is 5.73 Å². The Balaban J connectivity index is 2.40. The molecule has 1 rings (SSSR count). The number of esters is 1. The average molecular weight is 195 g/mol. The third-order valence-corrected chi connectivity index (χ3v) is 1.25. The molecule has 0 saturated heterocycles. The van der Waals surface area contributed by atoms with Crippen molar-refractivity contribution in [1.82, 2.24) is 10.7 Å². The van der Waals surface area contributed by atoms with Gasteiger partial charge in [0, 0.05) is 6.20 Å². The quantitative estimate of drug-likeness (QED) is 0.520. The largest absolute Gasteiger partial charge is 0.429 e. The number of carbonyl (C=O) groups excluding carboxylic acids is 2. The van der Waals surface area contributed by atoms with Crippen molar-refractivity contribution in [1.29, 1.82) is 0 Å². The van der Waals surface area contributed by atoms with Crippen LogP contribution in [0.5, 0.6) is 0 Å². The zero-order valence-corrected chi connectivity index (χ0v) is 7.10. The monoisotopic (exact) mass is 195 g/mol. The lowest BCUT2D eigenvalue weighted by molar-refractivity contribution is -0.000939. The van der Waals surface area contributed by atoms with Crippen LogP contribution in [0.3, 0.4) is 0 Å². The third-order valence-electron chi connectivity index (χ3n) is 1.25. The van der Waals surface area contributed by atoms with Crippen molar-refractivity contribution < 1.29 is 19.1 Å². The minimum atomic E-state index is -1.25. The lowest BCUT2D eigenvalue weighted by Gasteiger charge is -2.02. The molecule has 0 aromatic carbocycles. The summed E-state index contributed by atoms with van der Waals surface area (Å²) in [4.78, 5) is 24.8. The first-order valence-corrected chi connectivity index (χ1v) is 3.66. The minimum absolute atomic E-state index is 0.119. The average Bonchev–Trinajstić information content (AvgIpc) is 2.18. The van der Waals surface area contributed by atoms with Gasteiger partial charge in [-0.25, -0.2) is 20.3 Å². The third kappa shape index (κ3) is 3.10. The molecular formula is C8H7N2O4. The second-order valence-corrected chi connectivity index (χ2v) is 2.20. The van der Waals surface area contributed by atoms with E-state index < -0.39 is 18.9 Å². The summed E-state index contributed by atoms with van der Waals surface area (Å²) in [6.45, 7) is -0.572. The Morgan fingerprint density at radius 2 is 2.14 bits per heavy atom. The van der Waals surface area contributed by atoms with Crippen LogP contribution >= 0.6 is 0 Å². The number of rotatable bonds is 3. The maximum Gasteiger partial charge on any atom is 0.429 e. The first kappa shape index (κ1) is 9.97. The van der Waals surface area contributed by atoms with Crippen molar-refractivity contribution in [3.05, 3.63) is 30.1 Å². The molecule has 6 heteroatoms. The van der Waals surface area contributed by atoms with Gasteiger partial charge >= 0.3 is 12.1 Å². The van der Waals surface area contributed by atoms with E-state index in [4.69, 9.17) is 5.73 Å². The van der Waals surface area contributed by atoms with Gasteiger partial charge in [-0.1, -0.05) is 6.07 Å². The summed E-state index contributed by atoms with van der Waals surface area (Å²) in [6, 6.07) is 4.74. The van der Waals surface area contributed by atoms with Crippen LogP contribution in [0.25, 0.3) is 0 Å². The predicted molar refractivity (Wildman–Crippen MR) is 44.1 cm³/mol. The standard InChI is InChI=1S/C8H7N2O4/c9-8(12)14-5-13-7(11)6-3-1-2-4-10-6/h1-4,9H,5H2. The molecule has 1 aromatic heterocycles. The number of amides is 1. The fourth-order valence-corrected chi connectivity index (χ4v) is 0.694. The number of hydrogen-bond donors (Lipinski definition) is 0. The zero-order chi connectivity index (χ0) is 10.4. The summed E-state index contributed by atoms with van der Waals surface area (Å²) in [5.74, 6) is -0.702. The van der Waals surface area contributed by atoms with Gasteiger partial charge in [0.2, 0.25) is 6.79 Å². The molecule has 1 amide bonds. The van der Waals surface area contributed by atoms with Gasteiger partial charge in [0.1, 0.15) is 5.69 Å². The molecule has 0 atom stereocenters. The van der Waals surface area contributed by atoms with Crippen LogP contribution in [0.4, 0.5) is 4.79 Å². The second-order valence-electron chi connectivity index (χ2n) is 2.20. The predicted octanol–water partition coefficient (Wildman–Crippen LogP) is 0.615. The highest BCUT2D eigenvalue weighted by molar-refractivity contribution is 5.87. The SMILES string of the molecule is [NH]C(=O)OCOC(=O)c1ccccn1. The number of pyridine rings is 1. The van der Waals surface area contributed by atoms with Crippen molar-refractivity contribution in [2.24, 2.45) is 0 Å². The molecule has 73 valence electrons. The van der Waals surface area contributed by atoms with E-state index in [0.29, 0.717) is 0 Å². The number of aromatic nitrogens is 1. The van der Waals surface area contributed by atoms with Crippen LogP contribution in [0.1, 0.15) is 10.5 Å².